The lowest BCUT2D eigenvalue weighted by Crippen LogP contribution is -2.55. The van der Waals surface area contributed by atoms with Crippen LogP contribution in [0.4, 0.5) is 21.0 Å². The van der Waals surface area contributed by atoms with Gasteiger partial charge < -0.3 is 26.4 Å². The maximum absolute atomic E-state index is 12.9. The van der Waals surface area contributed by atoms with Crippen LogP contribution in [0.5, 0.6) is 5.75 Å². The molecule has 10 nitrogen and oxygen atoms in total. The van der Waals surface area contributed by atoms with Crippen LogP contribution in [0.25, 0.3) is 0 Å². The molecule has 1 unspecified atom stereocenters. The number of amides is 5. The lowest BCUT2D eigenvalue weighted by molar-refractivity contribution is -0.127. The summed E-state index contributed by atoms with van der Waals surface area (Å²) in [5.41, 5.74) is 6.49. The number of halogens is 1. The molecule has 0 spiro atoms. The molecule has 1 atom stereocenters. The summed E-state index contributed by atoms with van der Waals surface area (Å²) in [7, 11) is 1.55. The number of hydrogen-bond donors (Lipinski definition) is 4. The summed E-state index contributed by atoms with van der Waals surface area (Å²) in [4.78, 5) is 41.3. The average molecular weight is 461 g/mol. The lowest BCUT2D eigenvalue weighted by Gasteiger charge is -2.29. The molecule has 0 aliphatic carbocycles. The van der Waals surface area contributed by atoms with E-state index in [0.29, 0.717) is 22.1 Å². The summed E-state index contributed by atoms with van der Waals surface area (Å²) >= 11 is 5.98. The number of carbonyl (C=O) groups excluding carboxylic acids is 3. The third-order valence-electron chi connectivity index (χ3n) is 4.79. The Kier molecular flexibility index (Phi) is 7.74. The fourth-order valence-electron chi connectivity index (χ4n) is 3.25. The Labute approximate surface area is 190 Å². The van der Waals surface area contributed by atoms with Gasteiger partial charge in [0.05, 0.1) is 7.11 Å². The quantitative estimate of drug-likeness (QED) is 0.525. The first-order valence-corrected chi connectivity index (χ1v) is 10.3. The Bertz CT molecular complexity index is 971. The average Bonchev–Trinajstić information content (AvgIpc) is 3.23. The van der Waals surface area contributed by atoms with Gasteiger partial charge in [-0.1, -0.05) is 17.7 Å². The van der Waals surface area contributed by atoms with Crippen molar-refractivity contribution in [1.29, 1.82) is 0 Å². The second-order valence-corrected chi connectivity index (χ2v) is 7.38. The van der Waals surface area contributed by atoms with Crippen LogP contribution in [0.1, 0.15) is 0 Å². The van der Waals surface area contributed by atoms with Crippen molar-refractivity contribution >= 4 is 40.9 Å². The first-order valence-electron chi connectivity index (χ1n) is 9.95. The second-order valence-electron chi connectivity index (χ2n) is 6.94. The Balaban J connectivity index is 1.76. The largest absolute Gasteiger partial charge is 0.497 e. The number of nitrogens with one attached hydrogen (secondary N) is 3. The Morgan fingerprint density at radius 2 is 1.66 bits per heavy atom. The molecule has 32 heavy (non-hydrogen) atoms. The number of hydrogen-bond acceptors (Lipinski definition) is 5. The minimum absolute atomic E-state index is 0.170. The summed E-state index contributed by atoms with van der Waals surface area (Å²) in [6, 6.07) is 12.4. The van der Waals surface area contributed by atoms with Crippen LogP contribution >= 0.6 is 11.6 Å². The SMILES string of the molecule is COc1ccc(NC(=O)N2CCN(C(=O)Nc3cccc(Cl)c3)C2C(=O)NCCN)cc1. The number of rotatable bonds is 6. The lowest BCUT2D eigenvalue weighted by atomic mass is 10.3. The molecular formula is C21H25ClN6O4. The van der Waals surface area contributed by atoms with Crippen molar-refractivity contribution in [2.24, 2.45) is 5.73 Å². The van der Waals surface area contributed by atoms with Gasteiger partial charge in [0.15, 0.2) is 6.17 Å². The van der Waals surface area contributed by atoms with Gasteiger partial charge in [0, 0.05) is 42.6 Å². The highest BCUT2D eigenvalue weighted by Gasteiger charge is 2.42. The monoisotopic (exact) mass is 460 g/mol. The van der Waals surface area contributed by atoms with Gasteiger partial charge in [-0.05, 0) is 42.5 Å². The number of ether oxygens (including phenoxy) is 1. The maximum Gasteiger partial charge on any atom is 0.323 e. The molecule has 2 aromatic carbocycles. The zero-order valence-electron chi connectivity index (χ0n) is 17.5. The maximum atomic E-state index is 12.9. The molecule has 1 aliphatic rings. The zero-order valence-corrected chi connectivity index (χ0v) is 18.3. The fourth-order valence-corrected chi connectivity index (χ4v) is 3.44. The van der Waals surface area contributed by atoms with E-state index in [2.05, 4.69) is 16.0 Å². The number of methoxy groups -OCH3 is 1. The number of anilines is 2. The third-order valence-corrected chi connectivity index (χ3v) is 5.02. The van der Waals surface area contributed by atoms with Crippen molar-refractivity contribution in [1.82, 2.24) is 15.1 Å². The number of nitrogens with two attached hydrogens (primary N) is 1. The molecule has 3 rings (SSSR count). The highest BCUT2D eigenvalue weighted by Crippen LogP contribution is 2.21. The number of urea groups is 2. The van der Waals surface area contributed by atoms with Crippen molar-refractivity contribution in [3.05, 3.63) is 53.6 Å². The van der Waals surface area contributed by atoms with Crippen LogP contribution in [0.15, 0.2) is 48.5 Å². The highest BCUT2D eigenvalue weighted by atomic mass is 35.5. The summed E-state index contributed by atoms with van der Waals surface area (Å²) in [6.45, 7) is 0.785. The summed E-state index contributed by atoms with van der Waals surface area (Å²) < 4.78 is 5.11. The second kappa shape index (κ2) is 10.7. The molecule has 5 amide bonds. The smallest absolute Gasteiger partial charge is 0.323 e. The number of carbonyl (C=O) groups is 3. The fraction of sp³-hybridized carbons (Fsp3) is 0.286. The van der Waals surface area contributed by atoms with E-state index in [0.717, 1.165) is 0 Å². The molecule has 11 heteroatoms. The van der Waals surface area contributed by atoms with Crippen molar-refractivity contribution in [3.8, 4) is 5.75 Å². The van der Waals surface area contributed by atoms with E-state index in [1.54, 1.807) is 55.6 Å². The highest BCUT2D eigenvalue weighted by molar-refractivity contribution is 6.30. The van der Waals surface area contributed by atoms with E-state index in [-0.39, 0.29) is 26.2 Å². The van der Waals surface area contributed by atoms with Gasteiger partial charge in [-0.3, -0.25) is 14.6 Å². The Morgan fingerprint density at radius 3 is 2.22 bits per heavy atom. The summed E-state index contributed by atoms with van der Waals surface area (Å²) in [5.74, 6) is 0.145. The van der Waals surface area contributed by atoms with Crippen molar-refractivity contribution in [3.63, 3.8) is 0 Å². The van der Waals surface area contributed by atoms with E-state index in [1.807, 2.05) is 0 Å². The normalized spacial score (nSPS) is 15.3. The third kappa shape index (κ3) is 5.59. The molecule has 5 N–H and O–H groups in total. The Hall–Kier alpha value is -3.50. The van der Waals surface area contributed by atoms with Gasteiger partial charge >= 0.3 is 12.1 Å². The molecule has 170 valence electrons. The minimum Gasteiger partial charge on any atom is -0.497 e. The van der Waals surface area contributed by atoms with Crippen LogP contribution in [-0.4, -0.2) is 67.2 Å². The molecular weight excluding hydrogens is 436 g/mol. The summed E-state index contributed by atoms with van der Waals surface area (Å²) in [5, 5.41) is 8.57. The van der Waals surface area contributed by atoms with E-state index >= 15 is 0 Å². The van der Waals surface area contributed by atoms with Crippen LogP contribution in [0.2, 0.25) is 5.02 Å². The zero-order chi connectivity index (χ0) is 23.1. The van der Waals surface area contributed by atoms with Gasteiger partial charge in [0.25, 0.3) is 5.91 Å². The topological polar surface area (TPSA) is 129 Å². The van der Waals surface area contributed by atoms with Gasteiger partial charge in [-0.15, -0.1) is 0 Å². The molecule has 0 aromatic heterocycles. The van der Waals surface area contributed by atoms with E-state index in [9.17, 15) is 14.4 Å². The molecule has 0 bridgehead atoms. The number of nitrogens with zero attached hydrogens (tertiary/aromatic N) is 2. The number of benzene rings is 2. The van der Waals surface area contributed by atoms with Gasteiger partial charge in [0.1, 0.15) is 5.75 Å². The van der Waals surface area contributed by atoms with Crippen molar-refractivity contribution in [2.45, 2.75) is 6.17 Å². The Morgan fingerprint density at radius 1 is 1.03 bits per heavy atom. The van der Waals surface area contributed by atoms with Crippen LogP contribution in [-0.2, 0) is 4.79 Å². The first-order chi connectivity index (χ1) is 15.4. The predicted octanol–water partition coefficient (Wildman–Crippen LogP) is 2.13. The van der Waals surface area contributed by atoms with E-state index in [4.69, 9.17) is 22.1 Å². The molecule has 1 fully saturated rings. The predicted molar refractivity (Wildman–Crippen MR) is 122 cm³/mol. The standard InChI is InChI=1S/C21H25ClN6O4/c1-32-17-7-5-15(6-8-17)25-20(30)27-11-12-28(19(27)18(29)24-10-9-23)21(31)26-16-4-2-3-14(22)13-16/h2-8,13,19H,9-12,23H2,1H3,(H,24,29)(H,25,30)(H,26,31). The first kappa shape index (κ1) is 23.2. The van der Waals surface area contributed by atoms with Gasteiger partial charge in [-0.2, -0.15) is 0 Å². The van der Waals surface area contributed by atoms with Gasteiger partial charge in [-0.25, -0.2) is 9.59 Å². The van der Waals surface area contributed by atoms with Crippen LogP contribution in [0.3, 0.4) is 0 Å². The van der Waals surface area contributed by atoms with Gasteiger partial charge in [0.2, 0.25) is 0 Å². The molecule has 2 aromatic rings. The summed E-state index contributed by atoms with van der Waals surface area (Å²) in [6.07, 6.45) is -1.14. The molecule has 0 saturated carbocycles. The molecule has 0 radical (unpaired) electrons. The minimum atomic E-state index is -1.14. The molecule has 1 aliphatic heterocycles. The van der Waals surface area contributed by atoms with E-state index in [1.165, 1.54) is 9.80 Å². The van der Waals surface area contributed by atoms with E-state index < -0.39 is 24.1 Å². The van der Waals surface area contributed by atoms with Crippen molar-refractivity contribution in [2.75, 3.05) is 43.9 Å². The van der Waals surface area contributed by atoms with Crippen LogP contribution < -0.4 is 26.4 Å². The van der Waals surface area contributed by atoms with Crippen molar-refractivity contribution < 1.29 is 19.1 Å². The van der Waals surface area contributed by atoms with Crippen LogP contribution in [0, 0.1) is 0 Å². The molecule has 1 saturated heterocycles. The molecule has 1 heterocycles.